The Morgan fingerprint density at radius 3 is 2.95 bits per heavy atom. The van der Waals surface area contributed by atoms with E-state index in [4.69, 9.17) is 11.6 Å². The second-order valence-corrected chi connectivity index (χ2v) is 4.65. The molecule has 3 heterocycles. The van der Waals surface area contributed by atoms with Crippen LogP contribution in [0.2, 0.25) is 0 Å². The molecule has 0 aliphatic heterocycles. The smallest absolute Gasteiger partial charge is 0.125 e. The largest absolute Gasteiger partial charge is 0.321 e. The average Bonchev–Trinajstić information content (AvgIpc) is 2.79. The second-order valence-electron chi connectivity index (χ2n) is 4.38. The highest BCUT2D eigenvalue weighted by Gasteiger charge is 2.11. The van der Waals surface area contributed by atoms with Crippen molar-refractivity contribution < 1.29 is 0 Å². The third-order valence-corrected chi connectivity index (χ3v) is 3.41. The summed E-state index contributed by atoms with van der Waals surface area (Å²) in [7, 11) is 0. The molecule has 19 heavy (non-hydrogen) atoms. The molecule has 0 saturated carbocycles. The van der Waals surface area contributed by atoms with Crippen molar-refractivity contribution in [2.24, 2.45) is 0 Å². The molecule has 0 saturated heterocycles. The molecule has 0 spiro atoms. The van der Waals surface area contributed by atoms with Crippen LogP contribution in [0.25, 0.3) is 11.0 Å². The van der Waals surface area contributed by atoms with E-state index < -0.39 is 0 Å². The summed E-state index contributed by atoms with van der Waals surface area (Å²) in [5.41, 5.74) is 4.10. The quantitative estimate of drug-likeness (QED) is 0.689. The van der Waals surface area contributed by atoms with Crippen LogP contribution in [0.15, 0.2) is 36.8 Å². The van der Waals surface area contributed by atoms with Gasteiger partial charge in [-0.1, -0.05) is 6.07 Å². The number of aromatic nitrogens is 4. The highest BCUT2D eigenvalue weighted by atomic mass is 35.5. The third-order valence-electron chi connectivity index (χ3n) is 3.17. The molecule has 96 valence electrons. The fourth-order valence-electron chi connectivity index (χ4n) is 2.14. The number of nitrogens with zero attached hydrogens (tertiary/aromatic N) is 4. The van der Waals surface area contributed by atoms with E-state index in [1.165, 1.54) is 5.56 Å². The van der Waals surface area contributed by atoms with Crippen LogP contribution in [0.4, 0.5) is 0 Å². The summed E-state index contributed by atoms with van der Waals surface area (Å²) in [6, 6.07) is 5.96. The Hall–Kier alpha value is -1.94. The minimum Gasteiger partial charge on any atom is -0.321 e. The Morgan fingerprint density at radius 2 is 2.16 bits per heavy atom. The molecule has 0 aliphatic rings. The van der Waals surface area contributed by atoms with E-state index in [0.29, 0.717) is 12.4 Å². The molecule has 0 atom stereocenters. The number of hydrogen-bond donors (Lipinski definition) is 0. The topological polar surface area (TPSA) is 43.6 Å². The first kappa shape index (κ1) is 12.1. The van der Waals surface area contributed by atoms with E-state index in [0.717, 1.165) is 22.6 Å². The van der Waals surface area contributed by atoms with Gasteiger partial charge in [-0.15, -0.1) is 11.6 Å². The average molecular weight is 273 g/mol. The minimum atomic E-state index is 0.376. The standard InChI is InChI=1S/C14H13ClN4/c1-10-3-2-5-17-12(10)9-19-13-4-6-16-8-11(13)18-14(19)7-15/h2-6,8H,7,9H2,1H3. The molecule has 5 heteroatoms. The molecule has 0 N–H and O–H groups in total. The van der Waals surface area contributed by atoms with E-state index >= 15 is 0 Å². The predicted molar refractivity (Wildman–Crippen MR) is 75.2 cm³/mol. The lowest BCUT2D eigenvalue weighted by molar-refractivity contribution is 0.752. The van der Waals surface area contributed by atoms with Gasteiger partial charge in [-0.2, -0.15) is 0 Å². The Bertz CT molecular complexity index is 720. The number of alkyl halides is 1. The maximum atomic E-state index is 5.99. The molecule has 3 rings (SSSR count). The van der Waals surface area contributed by atoms with Crippen LogP contribution in [0, 0.1) is 6.92 Å². The molecule has 0 fully saturated rings. The third kappa shape index (κ3) is 2.19. The van der Waals surface area contributed by atoms with Crippen molar-refractivity contribution in [1.29, 1.82) is 0 Å². The van der Waals surface area contributed by atoms with Crippen molar-refractivity contribution in [2.45, 2.75) is 19.3 Å². The number of rotatable bonds is 3. The van der Waals surface area contributed by atoms with Crippen molar-refractivity contribution >= 4 is 22.6 Å². The molecule has 0 radical (unpaired) electrons. The van der Waals surface area contributed by atoms with Crippen LogP contribution in [0.5, 0.6) is 0 Å². The SMILES string of the molecule is Cc1cccnc1Cn1c(CCl)nc2cnccc21. The van der Waals surface area contributed by atoms with Gasteiger partial charge in [0, 0.05) is 12.4 Å². The zero-order valence-corrected chi connectivity index (χ0v) is 11.3. The van der Waals surface area contributed by atoms with Crippen molar-refractivity contribution in [1.82, 2.24) is 19.5 Å². The minimum absolute atomic E-state index is 0.376. The van der Waals surface area contributed by atoms with Crippen molar-refractivity contribution in [3.63, 3.8) is 0 Å². The molecule has 3 aromatic heterocycles. The van der Waals surface area contributed by atoms with Crippen LogP contribution in [0.3, 0.4) is 0 Å². The van der Waals surface area contributed by atoms with Gasteiger partial charge in [-0.3, -0.25) is 9.97 Å². The molecule has 0 aromatic carbocycles. The van der Waals surface area contributed by atoms with E-state index in [9.17, 15) is 0 Å². The van der Waals surface area contributed by atoms with Crippen LogP contribution < -0.4 is 0 Å². The lowest BCUT2D eigenvalue weighted by Crippen LogP contribution is -2.06. The van der Waals surface area contributed by atoms with E-state index in [1.54, 1.807) is 12.4 Å². The van der Waals surface area contributed by atoms with Crippen LogP contribution in [-0.4, -0.2) is 19.5 Å². The Morgan fingerprint density at radius 1 is 1.26 bits per heavy atom. The lowest BCUT2D eigenvalue weighted by Gasteiger charge is -2.09. The van der Waals surface area contributed by atoms with Crippen LogP contribution >= 0.6 is 11.6 Å². The number of imidazole rings is 1. The molecular weight excluding hydrogens is 260 g/mol. The maximum Gasteiger partial charge on any atom is 0.125 e. The summed E-state index contributed by atoms with van der Waals surface area (Å²) in [5.74, 6) is 1.22. The Labute approximate surface area is 116 Å². The second kappa shape index (κ2) is 4.97. The molecule has 0 bridgehead atoms. The van der Waals surface area contributed by atoms with E-state index in [-0.39, 0.29) is 0 Å². The number of halogens is 1. The van der Waals surface area contributed by atoms with Crippen molar-refractivity contribution in [3.8, 4) is 0 Å². The first-order valence-corrected chi connectivity index (χ1v) is 6.58. The lowest BCUT2D eigenvalue weighted by atomic mass is 10.2. The van der Waals surface area contributed by atoms with Crippen molar-refractivity contribution in [2.75, 3.05) is 0 Å². The number of hydrogen-bond acceptors (Lipinski definition) is 3. The van der Waals surface area contributed by atoms with Crippen molar-refractivity contribution in [3.05, 3.63) is 53.9 Å². The fraction of sp³-hybridized carbons (Fsp3) is 0.214. The summed E-state index contributed by atoms with van der Waals surface area (Å²) < 4.78 is 2.10. The van der Waals surface area contributed by atoms with Gasteiger partial charge < -0.3 is 4.57 Å². The van der Waals surface area contributed by atoms with E-state index in [1.807, 2.05) is 18.3 Å². The molecule has 4 nitrogen and oxygen atoms in total. The Balaban J connectivity index is 2.12. The van der Waals surface area contributed by atoms with Gasteiger partial charge in [0.25, 0.3) is 0 Å². The van der Waals surface area contributed by atoms with Crippen LogP contribution in [0.1, 0.15) is 17.1 Å². The zero-order chi connectivity index (χ0) is 13.2. The monoisotopic (exact) mass is 272 g/mol. The number of fused-ring (bicyclic) bond motifs is 1. The van der Waals surface area contributed by atoms with Gasteiger partial charge in [0.1, 0.15) is 11.3 Å². The zero-order valence-electron chi connectivity index (χ0n) is 10.5. The van der Waals surface area contributed by atoms with Gasteiger partial charge in [-0.25, -0.2) is 4.98 Å². The van der Waals surface area contributed by atoms with E-state index in [2.05, 4.69) is 32.5 Å². The summed E-state index contributed by atoms with van der Waals surface area (Å²) in [6.07, 6.45) is 5.33. The highest BCUT2D eigenvalue weighted by Crippen LogP contribution is 2.18. The molecule has 0 aliphatic carbocycles. The van der Waals surface area contributed by atoms with Gasteiger partial charge in [0.15, 0.2) is 0 Å². The molecule has 3 aromatic rings. The fourth-order valence-corrected chi connectivity index (χ4v) is 2.35. The molecule has 0 amide bonds. The van der Waals surface area contributed by atoms with Crippen LogP contribution in [-0.2, 0) is 12.4 Å². The van der Waals surface area contributed by atoms with Gasteiger partial charge in [-0.05, 0) is 24.6 Å². The first-order valence-electron chi connectivity index (χ1n) is 6.05. The van der Waals surface area contributed by atoms with Gasteiger partial charge >= 0.3 is 0 Å². The first-order chi connectivity index (χ1) is 9.29. The summed E-state index contributed by atoms with van der Waals surface area (Å²) >= 11 is 5.99. The predicted octanol–water partition coefficient (Wildman–Crippen LogP) is 2.92. The maximum absolute atomic E-state index is 5.99. The molecular formula is C14H13ClN4. The number of pyridine rings is 2. The van der Waals surface area contributed by atoms with Gasteiger partial charge in [0.2, 0.25) is 0 Å². The summed E-state index contributed by atoms with van der Waals surface area (Å²) in [6.45, 7) is 2.73. The Kier molecular flexibility index (Phi) is 3.17. The molecule has 0 unspecified atom stereocenters. The normalized spacial score (nSPS) is 11.1. The summed E-state index contributed by atoms with van der Waals surface area (Å²) in [5, 5.41) is 0. The summed E-state index contributed by atoms with van der Waals surface area (Å²) in [4.78, 5) is 13.0. The highest BCUT2D eigenvalue weighted by molar-refractivity contribution is 6.16. The number of aryl methyl sites for hydroxylation is 1. The van der Waals surface area contributed by atoms with Gasteiger partial charge in [0.05, 0.1) is 29.8 Å².